The van der Waals surface area contributed by atoms with Gasteiger partial charge in [-0.25, -0.2) is 0 Å². The minimum atomic E-state index is -1.04. The summed E-state index contributed by atoms with van der Waals surface area (Å²) in [5, 5.41) is 12.5. The lowest BCUT2D eigenvalue weighted by molar-refractivity contribution is -0.119. The van der Waals surface area contributed by atoms with Crippen LogP contribution in [0.2, 0.25) is 5.02 Å². The van der Waals surface area contributed by atoms with Crippen LogP contribution in [0.25, 0.3) is 10.8 Å². The fourth-order valence-electron chi connectivity index (χ4n) is 3.51. The summed E-state index contributed by atoms with van der Waals surface area (Å²) in [6.45, 7) is 0. The van der Waals surface area contributed by atoms with E-state index in [1.54, 1.807) is 6.07 Å². The normalized spacial score (nSPS) is 16.7. The van der Waals surface area contributed by atoms with Gasteiger partial charge in [-0.2, -0.15) is 0 Å². The molecule has 112 valence electrons. The van der Waals surface area contributed by atoms with Crippen molar-refractivity contribution in [1.82, 2.24) is 0 Å². The lowest BCUT2D eigenvalue weighted by atomic mass is 9.94. The largest absolute Gasteiger partial charge is 0.351 e. The maximum atomic E-state index is 12.8. The number of anilines is 3. The quantitative estimate of drug-likeness (QED) is 0.583. The molecule has 2 aliphatic rings. The molecule has 3 N–H and O–H groups in total. The van der Waals surface area contributed by atoms with Gasteiger partial charge in [0.1, 0.15) is 0 Å². The fraction of sp³-hybridized carbons (Fsp3) is 0.0556. The van der Waals surface area contributed by atoms with Crippen molar-refractivity contribution in [2.24, 2.45) is 0 Å². The minimum absolute atomic E-state index is 0.138. The van der Waals surface area contributed by atoms with Crippen molar-refractivity contribution < 1.29 is 4.79 Å². The third-order valence-corrected chi connectivity index (χ3v) is 4.76. The van der Waals surface area contributed by atoms with E-state index in [4.69, 9.17) is 11.6 Å². The third-order valence-electron chi connectivity index (χ3n) is 4.52. The van der Waals surface area contributed by atoms with E-state index in [0.717, 1.165) is 33.4 Å². The zero-order valence-corrected chi connectivity index (χ0v) is 12.7. The summed E-state index contributed by atoms with van der Waals surface area (Å²) in [4.78, 5) is 12.8. The van der Waals surface area contributed by atoms with E-state index in [1.807, 2.05) is 36.4 Å². The summed E-state index contributed by atoms with van der Waals surface area (Å²) in [7, 11) is 0. The Balaban J connectivity index is 1.79. The molecule has 2 aliphatic heterocycles. The fourth-order valence-corrected chi connectivity index (χ4v) is 3.68. The number of carbonyl (C=O) groups excluding carboxylic acids is 1. The van der Waals surface area contributed by atoms with Gasteiger partial charge in [0.15, 0.2) is 0 Å². The van der Waals surface area contributed by atoms with Crippen molar-refractivity contribution in [3.05, 3.63) is 65.2 Å². The molecule has 0 atom stereocenters. The number of hydrogen-bond acceptors (Lipinski definition) is 3. The molecule has 3 aromatic carbocycles. The number of benzene rings is 3. The van der Waals surface area contributed by atoms with Crippen LogP contribution in [0, 0.1) is 0 Å². The Labute approximate surface area is 137 Å². The number of carbonyl (C=O) groups is 1. The molecule has 4 nitrogen and oxygen atoms in total. The van der Waals surface area contributed by atoms with Crippen molar-refractivity contribution in [3.8, 4) is 0 Å². The Morgan fingerprint density at radius 2 is 1.57 bits per heavy atom. The average Bonchev–Trinajstić information content (AvgIpc) is 2.80. The molecule has 3 aromatic rings. The van der Waals surface area contributed by atoms with Crippen molar-refractivity contribution in [3.63, 3.8) is 0 Å². The van der Waals surface area contributed by atoms with Gasteiger partial charge in [-0.1, -0.05) is 35.9 Å². The molecule has 2 heterocycles. The van der Waals surface area contributed by atoms with E-state index in [1.165, 1.54) is 0 Å². The van der Waals surface area contributed by atoms with E-state index in [2.05, 4.69) is 28.1 Å². The highest BCUT2D eigenvalue weighted by molar-refractivity contribution is 6.31. The first kappa shape index (κ1) is 12.8. The van der Waals surface area contributed by atoms with Gasteiger partial charge in [-0.15, -0.1) is 0 Å². The summed E-state index contributed by atoms with van der Waals surface area (Å²) in [5.41, 5.74) is 2.40. The van der Waals surface area contributed by atoms with E-state index in [-0.39, 0.29) is 5.91 Å². The third kappa shape index (κ3) is 1.58. The molecular weight excluding hydrogens is 310 g/mol. The van der Waals surface area contributed by atoms with Crippen LogP contribution in [0.1, 0.15) is 5.56 Å². The van der Waals surface area contributed by atoms with E-state index in [9.17, 15) is 4.79 Å². The highest BCUT2D eigenvalue weighted by Crippen LogP contribution is 2.46. The molecule has 23 heavy (non-hydrogen) atoms. The number of nitrogens with one attached hydrogen (secondary N) is 3. The molecule has 0 unspecified atom stereocenters. The van der Waals surface area contributed by atoms with Crippen molar-refractivity contribution in [2.75, 3.05) is 16.0 Å². The number of hydrogen-bond donors (Lipinski definition) is 3. The van der Waals surface area contributed by atoms with Crippen molar-refractivity contribution in [1.29, 1.82) is 0 Å². The summed E-state index contributed by atoms with van der Waals surface area (Å²) in [6, 6.07) is 17.5. The first-order chi connectivity index (χ1) is 11.2. The Hall–Kier alpha value is -2.72. The molecular formula is C18H12ClN3O. The van der Waals surface area contributed by atoms with Gasteiger partial charge < -0.3 is 16.0 Å². The second kappa shape index (κ2) is 4.18. The SMILES string of the molecule is O=C1Nc2ccc(Cl)cc2C12Nc1cccc3cccc(c13)N2. The predicted octanol–water partition coefficient (Wildman–Crippen LogP) is 4.14. The topological polar surface area (TPSA) is 53.2 Å². The average molecular weight is 322 g/mol. The smallest absolute Gasteiger partial charge is 0.275 e. The van der Waals surface area contributed by atoms with Gasteiger partial charge in [0.2, 0.25) is 5.66 Å². The molecule has 0 bridgehead atoms. The summed E-state index contributed by atoms with van der Waals surface area (Å²) in [6.07, 6.45) is 0. The Bertz CT molecular complexity index is 958. The molecule has 0 fully saturated rings. The second-order valence-corrected chi connectivity index (χ2v) is 6.29. The van der Waals surface area contributed by atoms with Crippen LogP contribution in [0.5, 0.6) is 0 Å². The second-order valence-electron chi connectivity index (χ2n) is 5.85. The standard InChI is InChI=1S/C18H12ClN3O/c19-11-7-8-13-12(9-11)18(17(23)20-13)21-14-5-1-3-10-4-2-6-15(22-18)16(10)14/h1-9,21-22H,(H,20,23). The molecule has 1 amide bonds. The number of halogens is 1. The van der Waals surface area contributed by atoms with Gasteiger partial charge in [0.25, 0.3) is 5.91 Å². The Morgan fingerprint density at radius 1 is 0.870 bits per heavy atom. The maximum absolute atomic E-state index is 12.8. The Morgan fingerprint density at radius 3 is 2.26 bits per heavy atom. The molecule has 0 radical (unpaired) electrons. The van der Waals surface area contributed by atoms with E-state index >= 15 is 0 Å². The van der Waals surface area contributed by atoms with Gasteiger partial charge >= 0.3 is 0 Å². The summed E-state index contributed by atoms with van der Waals surface area (Å²) < 4.78 is 0. The molecule has 5 heteroatoms. The van der Waals surface area contributed by atoms with E-state index < -0.39 is 5.66 Å². The van der Waals surface area contributed by atoms with Crippen LogP contribution in [-0.2, 0) is 10.5 Å². The van der Waals surface area contributed by atoms with Gasteiger partial charge in [-0.3, -0.25) is 4.79 Å². The molecule has 0 saturated carbocycles. The number of rotatable bonds is 0. The lowest BCUT2D eigenvalue weighted by Crippen LogP contribution is -2.50. The van der Waals surface area contributed by atoms with Gasteiger partial charge in [0, 0.05) is 33.0 Å². The zero-order valence-electron chi connectivity index (χ0n) is 12.0. The van der Waals surface area contributed by atoms with E-state index in [0.29, 0.717) is 5.02 Å². The first-order valence-electron chi connectivity index (χ1n) is 7.37. The van der Waals surface area contributed by atoms with Gasteiger partial charge in [0.05, 0.1) is 0 Å². The van der Waals surface area contributed by atoms with Crippen molar-refractivity contribution >= 4 is 45.3 Å². The van der Waals surface area contributed by atoms with Crippen LogP contribution in [0.3, 0.4) is 0 Å². The Kier molecular flexibility index (Phi) is 2.32. The molecule has 1 spiro atoms. The van der Waals surface area contributed by atoms with Crippen LogP contribution >= 0.6 is 11.6 Å². The van der Waals surface area contributed by atoms with Crippen LogP contribution in [-0.4, -0.2) is 5.91 Å². The monoisotopic (exact) mass is 321 g/mol. The van der Waals surface area contributed by atoms with Crippen LogP contribution < -0.4 is 16.0 Å². The van der Waals surface area contributed by atoms with Crippen LogP contribution in [0.4, 0.5) is 17.1 Å². The number of amides is 1. The molecule has 0 saturated heterocycles. The lowest BCUT2D eigenvalue weighted by Gasteiger charge is -2.37. The maximum Gasteiger partial charge on any atom is 0.275 e. The molecule has 5 rings (SSSR count). The van der Waals surface area contributed by atoms with Crippen molar-refractivity contribution in [2.45, 2.75) is 5.66 Å². The minimum Gasteiger partial charge on any atom is -0.351 e. The summed E-state index contributed by atoms with van der Waals surface area (Å²) in [5.74, 6) is -0.138. The summed E-state index contributed by atoms with van der Waals surface area (Å²) >= 11 is 6.16. The number of fused-ring (bicyclic) bond motifs is 2. The zero-order chi connectivity index (χ0) is 15.6. The predicted molar refractivity (Wildman–Crippen MR) is 93.0 cm³/mol. The van der Waals surface area contributed by atoms with Crippen LogP contribution in [0.15, 0.2) is 54.6 Å². The highest BCUT2D eigenvalue weighted by atomic mass is 35.5. The highest BCUT2D eigenvalue weighted by Gasteiger charge is 2.49. The first-order valence-corrected chi connectivity index (χ1v) is 7.75. The van der Waals surface area contributed by atoms with Gasteiger partial charge in [-0.05, 0) is 35.7 Å². The molecule has 0 aromatic heterocycles. The molecule has 0 aliphatic carbocycles.